The van der Waals surface area contributed by atoms with Gasteiger partial charge in [-0.3, -0.25) is 15.1 Å². The highest BCUT2D eigenvalue weighted by Crippen LogP contribution is 2.29. The fraction of sp³-hybridized carbons (Fsp3) is 0.211. The summed E-state index contributed by atoms with van der Waals surface area (Å²) >= 11 is 6.03. The van der Waals surface area contributed by atoms with Gasteiger partial charge in [0, 0.05) is 56.3 Å². The summed E-state index contributed by atoms with van der Waals surface area (Å²) in [6.07, 6.45) is 3.38. The van der Waals surface area contributed by atoms with Gasteiger partial charge >= 0.3 is 0 Å². The van der Waals surface area contributed by atoms with E-state index in [0.717, 1.165) is 11.6 Å². The average Bonchev–Trinajstić information content (AvgIpc) is 2.80. The van der Waals surface area contributed by atoms with E-state index in [1.807, 2.05) is 29.2 Å². The van der Waals surface area contributed by atoms with Crippen molar-refractivity contribution in [2.24, 2.45) is 0 Å². The lowest BCUT2D eigenvalue weighted by Gasteiger charge is -2.34. The number of benzene rings is 1. The highest BCUT2D eigenvalue weighted by atomic mass is 35.5. The van der Waals surface area contributed by atoms with Crippen molar-refractivity contribution in [1.29, 1.82) is 0 Å². The molecule has 31 heavy (non-hydrogen) atoms. The summed E-state index contributed by atoms with van der Waals surface area (Å²) in [7, 11) is -3.97. The van der Waals surface area contributed by atoms with Gasteiger partial charge < -0.3 is 4.90 Å². The number of hydrogen-bond donors (Lipinski definition) is 0. The largest absolute Gasteiger partial charge is 0.352 e. The first-order valence-electron chi connectivity index (χ1n) is 9.29. The van der Waals surface area contributed by atoms with Gasteiger partial charge in [0.1, 0.15) is 4.90 Å². The molecule has 0 spiro atoms. The minimum Gasteiger partial charge on any atom is -0.352 e. The zero-order chi connectivity index (χ0) is 22.0. The second-order valence-electron chi connectivity index (χ2n) is 6.78. The van der Waals surface area contributed by atoms with Crippen molar-refractivity contribution in [3.05, 3.63) is 70.0 Å². The number of non-ortho nitro benzene ring substituents is 1. The molecule has 160 valence electrons. The third-order valence-corrected chi connectivity index (χ3v) is 7.29. The number of halogens is 1. The van der Waals surface area contributed by atoms with Crippen molar-refractivity contribution in [1.82, 2.24) is 19.5 Å². The van der Waals surface area contributed by atoms with E-state index in [-0.39, 0.29) is 28.7 Å². The number of sulfonamides is 1. The zero-order valence-corrected chi connectivity index (χ0v) is 17.7. The first-order chi connectivity index (χ1) is 14.9. The lowest BCUT2D eigenvalue weighted by Crippen LogP contribution is -2.49. The Morgan fingerprint density at radius 2 is 1.81 bits per heavy atom. The van der Waals surface area contributed by atoms with E-state index in [2.05, 4.69) is 15.2 Å². The van der Waals surface area contributed by atoms with E-state index in [1.54, 1.807) is 12.4 Å². The van der Waals surface area contributed by atoms with Crippen molar-refractivity contribution in [3.8, 4) is 11.3 Å². The number of nitrogens with zero attached hydrogens (tertiary/aromatic N) is 6. The molecule has 4 rings (SSSR count). The first kappa shape index (κ1) is 21.1. The Morgan fingerprint density at radius 3 is 2.42 bits per heavy atom. The standard InChI is InChI=1S/C19H17ClN6O4S/c20-16-4-3-15(26(27)28)12-18(16)31(29,30)25-10-8-24(9-11-25)19-6-5-17(22-23-19)14-2-1-7-21-13-14/h1-7,12-13H,8-11H2. The van der Waals surface area contributed by atoms with E-state index in [9.17, 15) is 18.5 Å². The summed E-state index contributed by atoms with van der Waals surface area (Å²) in [4.78, 5) is 16.1. The fourth-order valence-corrected chi connectivity index (χ4v) is 5.18. The Labute approximate surface area is 183 Å². The maximum Gasteiger partial charge on any atom is 0.270 e. The molecule has 1 saturated heterocycles. The van der Waals surface area contributed by atoms with Crippen LogP contribution in [-0.2, 0) is 10.0 Å². The van der Waals surface area contributed by atoms with Gasteiger partial charge in [0.15, 0.2) is 5.82 Å². The molecule has 1 aromatic carbocycles. The van der Waals surface area contributed by atoms with E-state index in [4.69, 9.17) is 11.6 Å². The molecule has 0 atom stereocenters. The van der Waals surface area contributed by atoms with Crippen LogP contribution in [0.5, 0.6) is 0 Å². The predicted octanol–water partition coefficient (Wildman–Crippen LogP) is 2.61. The van der Waals surface area contributed by atoms with Gasteiger partial charge in [0.2, 0.25) is 10.0 Å². The van der Waals surface area contributed by atoms with E-state index >= 15 is 0 Å². The molecule has 0 unspecified atom stereocenters. The number of nitro benzene ring substituents is 1. The molecule has 0 aliphatic carbocycles. The summed E-state index contributed by atoms with van der Waals surface area (Å²) < 4.78 is 27.3. The topological polar surface area (TPSA) is 122 Å². The highest BCUT2D eigenvalue weighted by Gasteiger charge is 2.31. The van der Waals surface area contributed by atoms with Crippen LogP contribution in [0.15, 0.2) is 59.8 Å². The molecule has 0 N–H and O–H groups in total. The second-order valence-corrected chi connectivity index (χ2v) is 9.09. The van der Waals surface area contributed by atoms with Crippen LogP contribution >= 0.6 is 11.6 Å². The number of anilines is 1. The van der Waals surface area contributed by atoms with Gasteiger partial charge in [0.25, 0.3) is 5.69 Å². The molecule has 3 aromatic rings. The second kappa shape index (κ2) is 8.53. The van der Waals surface area contributed by atoms with Gasteiger partial charge in [-0.2, -0.15) is 4.31 Å². The summed E-state index contributed by atoms with van der Waals surface area (Å²) in [5.74, 6) is 0.637. The van der Waals surface area contributed by atoms with E-state index < -0.39 is 14.9 Å². The molecular weight excluding hydrogens is 444 g/mol. The Hall–Kier alpha value is -3.15. The number of rotatable bonds is 5. The first-order valence-corrected chi connectivity index (χ1v) is 11.1. The van der Waals surface area contributed by atoms with Gasteiger partial charge in [-0.15, -0.1) is 10.2 Å². The molecule has 1 fully saturated rings. The Bertz CT molecular complexity index is 1200. The minimum atomic E-state index is -3.97. The number of aromatic nitrogens is 3. The Balaban J connectivity index is 1.47. The third kappa shape index (κ3) is 4.33. The van der Waals surface area contributed by atoms with Crippen molar-refractivity contribution in [2.45, 2.75) is 4.90 Å². The summed E-state index contributed by atoms with van der Waals surface area (Å²) in [5.41, 5.74) is 1.22. The molecular formula is C19H17ClN6O4S. The fourth-order valence-electron chi connectivity index (χ4n) is 3.26. The van der Waals surface area contributed by atoms with E-state index in [0.29, 0.717) is 24.6 Å². The van der Waals surface area contributed by atoms with Gasteiger partial charge in [-0.1, -0.05) is 11.6 Å². The van der Waals surface area contributed by atoms with Crippen LogP contribution in [0.1, 0.15) is 0 Å². The maximum absolute atomic E-state index is 13.0. The normalized spacial score (nSPS) is 15.1. The van der Waals surface area contributed by atoms with Crippen LogP contribution in [0, 0.1) is 10.1 Å². The monoisotopic (exact) mass is 460 g/mol. The molecule has 12 heteroatoms. The molecule has 1 aliphatic rings. The molecule has 0 amide bonds. The molecule has 0 saturated carbocycles. The number of piperazine rings is 1. The molecule has 0 bridgehead atoms. The Kier molecular flexibility index (Phi) is 5.81. The predicted molar refractivity (Wildman–Crippen MR) is 114 cm³/mol. The van der Waals surface area contributed by atoms with Gasteiger partial charge in [0.05, 0.1) is 15.6 Å². The lowest BCUT2D eigenvalue weighted by atomic mass is 10.2. The molecule has 10 nitrogen and oxygen atoms in total. The number of pyridine rings is 1. The number of hydrogen-bond acceptors (Lipinski definition) is 8. The molecule has 2 aromatic heterocycles. The van der Waals surface area contributed by atoms with Crippen molar-refractivity contribution < 1.29 is 13.3 Å². The van der Waals surface area contributed by atoms with Crippen LogP contribution in [0.25, 0.3) is 11.3 Å². The van der Waals surface area contributed by atoms with Crippen molar-refractivity contribution >= 4 is 33.1 Å². The van der Waals surface area contributed by atoms with Crippen LogP contribution in [0.2, 0.25) is 5.02 Å². The van der Waals surface area contributed by atoms with Gasteiger partial charge in [-0.25, -0.2) is 8.42 Å². The third-order valence-electron chi connectivity index (χ3n) is 4.91. The molecule has 0 radical (unpaired) electrons. The maximum atomic E-state index is 13.0. The lowest BCUT2D eigenvalue weighted by molar-refractivity contribution is -0.385. The van der Waals surface area contributed by atoms with Crippen molar-refractivity contribution in [2.75, 3.05) is 31.1 Å². The quantitative estimate of drug-likeness (QED) is 0.420. The van der Waals surface area contributed by atoms with Crippen molar-refractivity contribution in [3.63, 3.8) is 0 Å². The summed E-state index contributed by atoms with van der Waals surface area (Å²) in [5, 5.41) is 19.4. The van der Waals surface area contributed by atoms with E-state index in [1.165, 1.54) is 16.4 Å². The SMILES string of the molecule is O=[N+]([O-])c1ccc(Cl)c(S(=O)(=O)N2CCN(c3ccc(-c4cccnc4)nn3)CC2)c1. The smallest absolute Gasteiger partial charge is 0.270 e. The average molecular weight is 461 g/mol. The van der Waals surface area contributed by atoms with Crippen LogP contribution in [0.3, 0.4) is 0 Å². The minimum absolute atomic E-state index is 0.0510. The van der Waals surface area contributed by atoms with Crippen LogP contribution in [0.4, 0.5) is 11.5 Å². The van der Waals surface area contributed by atoms with Crippen LogP contribution < -0.4 is 4.90 Å². The summed E-state index contributed by atoms with van der Waals surface area (Å²) in [6, 6.07) is 10.8. The molecule has 1 aliphatic heterocycles. The zero-order valence-electron chi connectivity index (χ0n) is 16.1. The Morgan fingerprint density at radius 1 is 1.03 bits per heavy atom. The highest BCUT2D eigenvalue weighted by molar-refractivity contribution is 7.89. The summed E-state index contributed by atoms with van der Waals surface area (Å²) in [6.45, 7) is 1.17. The number of nitro groups is 1. The molecule has 3 heterocycles. The van der Waals surface area contributed by atoms with Crippen LogP contribution in [-0.4, -0.2) is 59.0 Å². The van der Waals surface area contributed by atoms with Gasteiger partial charge in [-0.05, 0) is 30.3 Å².